The summed E-state index contributed by atoms with van der Waals surface area (Å²) >= 11 is 1.34. The first-order chi connectivity index (χ1) is 12.0. The highest BCUT2D eigenvalue weighted by Crippen LogP contribution is 2.23. The third kappa shape index (κ3) is 4.48. The fourth-order valence-electron chi connectivity index (χ4n) is 2.25. The Morgan fingerprint density at radius 2 is 1.92 bits per heavy atom. The summed E-state index contributed by atoms with van der Waals surface area (Å²) < 4.78 is 5.47. The summed E-state index contributed by atoms with van der Waals surface area (Å²) in [5.74, 6) is 2.30. The summed E-state index contributed by atoms with van der Waals surface area (Å²) in [6.07, 6.45) is 3.62. The van der Waals surface area contributed by atoms with Gasteiger partial charge in [0.25, 0.3) is 0 Å². The number of nitrogens with one attached hydrogen (secondary N) is 1. The maximum atomic E-state index is 12.5. The van der Waals surface area contributed by atoms with Crippen LogP contribution in [0.1, 0.15) is 40.2 Å². The van der Waals surface area contributed by atoms with Crippen molar-refractivity contribution in [1.29, 1.82) is 0 Å². The number of benzene rings is 1. The van der Waals surface area contributed by atoms with Crippen LogP contribution in [0, 0.1) is 13.8 Å². The van der Waals surface area contributed by atoms with Crippen LogP contribution in [0.3, 0.4) is 0 Å². The fourth-order valence-corrected chi connectivity index (χ4v) is 3.06. The Morgan fingerprint density at radius 1 is 1.16 bits per heavy atom. The van der Waals surface area contributed by atoms with Crippen molar-refractivity contribution >= 4 is 29.7 Å². The predicted molar refractivity (Wildman–Crippen MR) is 99.6 cm³/mol. The highest BCUT2D eigenvalue weighted by molar-refractivity contribution is 8.00. The van der Waals surface area contributed by atoms with E-state index in [1.807, 2.05) is 63.2 Å². The molecule has 2 aromatic heterocycles. The Morgan fingerprint density at radius 3 is 2.60 bits per heavy atom. The van der Waals surface area contributed by atoms with Crippen LogP contribution in [-0.2, 0) is 0 Å². The van der Waals surface area contributed by atoms with Gasteiger partial charge < -0.3 is 4.42 Å². The van der Waals surface area contributed by atoms with E-state index in [1.54, 1.807) is 6.08 Å². The number of ketones is 1. The number of carbonyl (C=O) groups is 1. The molecule has 128 valence electrons. The quantitative estimate of drug-likeness (QED) is 0.520. The number of thioether (sulfide) groups is 1. The normalized spacial score (nSPS) is 12.6. The lowest BCUT2D eigenvalue weighted by atomic mass is 10.1. The number of aromatic nitrogens is 3. The molecular weight excluding hydrogens is 334 g/mol. The van der Waals surface area contributed by atoms with Crippen molar-refractivity contribution in [2.45, 2.75) is 31.2 Å². The molecule has 3 aromatic rings. The molecule has 2 heterocycles. The van der Waals surface area contributed by atoms with Gasteiger partial charge in [0.1, 0.15) is 17.3 Å². The molecule has 0 aliphatic rings. The van der Waals surface area contributed by atoms with E-state index >= 15 is 0 Å². The second-order valence-corrected chi connectivity index (χ2v) is 7.08. The first-order valence-corrected chi connectivity index (χ1v) is 8.84. The topological polar surface area (TPSA) is 71.8 Å². The van der Waals surface area contributed by atoms with Crippen molar-refractivity contribution in [3.05, 3.63) is 64.9 Å². The van der Waals surface area contributed by atoms with Gasteiger partial charge in [-0.1, -0.05) is 41.6 Å². The van der Waals surface area contributed by atoms with Gasteiger partial charge in [-0.25, -0.2) is 4.98 Å². The lowest BCUT2D eigenvalue weighted by Crippen LogP contribution is -2.13. The number of hydrogen-bond donors (Lipinski definition) is 1. The highest BCUT2D eigenvalue weighted by atomic mass is 32.2. The van der Waals surface area contributed by atoms with Crippen molar-refractivity contribution < 1.29 is 9.21 Å². The number of aryl methyl sites for hydroxylation is 2. The number of furan rings is 1. The van der Waals surface area contributed by atoms with E-state index in [4.69, 9.17) is 4.42 Å². The molecule has 0 fully saturated rings. The first-order valence-electron chi connectivity index (χ1n) is 7.96. The van der Waals surface area contributed by atoms with Crippen LogP contribution < -0.4 is 0 Å². The predicted octanol–water partition coefficient (Wildman–Crippen LogP) is 4.55. The Bertz CT molecular complexity index is 894. The number of nitrogens with zero attached hydrogens (tertiary/aromatic N) is 2. The summed E-state index contributed by atoms with van der Waals surface area (Å²) in [5.41, 5.74) is 1.84. The Hall–Kier alpha value is -2.60. The third-order valence-electron chi connectivity index (χ3n) is 3.64. The SMILES string of the molecule is Cc1ccc(C(=O)C(C)Sc2n[nH]c(/C=C/c3ccc(C)o3)n2)cc1. The van der Waals surface area contributed by atoms with Crippen molar-refractivity contribution in [3.8, 4) is 0 Å². The van der Waals surface area contributed by atoms with Crippen LogP contribution in [0.4, 0.5) is 0 Å². The molecule has 0 saturated heterocycles. The standard InChI is InChI=1S/C19H19N3O2S/c1-12-4-7-15(8-5-12)18(23)14(3)25-19-20-17(21-22-19)11-10-16-9-6-13(2)24-16/h4-11,14H,1-3H3,(H,20,21,22)/b11-10+. The second-order valence-electron chi connectivity index (χ2n) is 5.78. The van der Waals surface area contributed by atoms with Gasteiger partial charge in [-0.2, -0.15) is 0 Å². The minimum Gasteiger partial charge on any atom is -0.462 e. The van der Waals surface area contributed by atoms with E-state index in [0.29, 0.717) is 16.5 Å². The average molecular weight is 353 g/mol. The molecule has 5 nitrogen and oxygen atoms in total. The van der Waals surface area contributed by atoms with E-state index in [-0.39, 0.29) is 11.0 Å². The van der Waals surface area contributed by atoms with Crippen molar-refractivity contribution in [1.82, 2.24) is 15.2 Å². The van der Waals surface area contributed by atoms with Gasteiger partial charge in [-0.15, -0.1) is 5.10 Å². The van der Waals surface area contributed by atoms with Crippen molar-refractivity contribution in [3.63, 3.8) is 0 Å². The molecule has 0 saturated carbocycles. The molecule has 0 amide bonds. The highest BCUT2D eigenvalue weighted by Gasteiger charge is 2.18. The summed E-state index contributed by atoms with van der Waals surface area (Å²) in [6.45, 7) is 5.76. The van der Waals surface area contributed by atoms with Crippen LogP contribution in [-0.4, -0.2) is 26.2 Å². The number of hydrogen-bond acceptors (Lipinski definition) is 5. The first kappa shape index (κ1) is 17.2. The van der Waals surface area contributed by atoms with Crippen LogP contribution >= 0.6 is 11.8 Å². The molecule has 0 spiro atoms. The molecule has 6 heteroatoms. The minimum atomic E-state index is -0.261. The molecule has 1 N–H and O–H groups in total. The smallest absolute Gasteiger partial charge is 0.209 e. The number of Topliss-reactive ketones (excluding diaryl/α,β-unsaturated/α-hetero) is 1. The van der Waals surface area contributed by atoms with E-state index in [1.165, 1.54) is 11.8 Å². The number of aromatic amines is 1. The number of H-pyrrole nitrogens is 1. The van der Waals surface area contributed by atoms with Gasteiger partial charge >= 0.3 is 0 Å². The minimum absolute atomic E-state index is 0.0675. The van der Waals surface area contributed by atoms with Gasteiger partial charge in [-0.05, 0) is 45.1 Å². The van der Waals surface area contributed by atoms with E-state index in [0.717, 1.165) is 17.1 Å². The largest absolute Gasteiger partial charge is 0.462 e. The summed E-state index contributed by atoms with van der Waals surface area (Å²) in [5, 5.41) is 7.29. The zero-order valence-electron chi connectivity index (χ0n) is 14.3. The summed E-state index contributed by atoms with van der Waals surface area (Å²) in [4.78, 5) is 16.8. The molecule has 0 radical (unpaired) electrons. The Kier molecular flexibility index (Phi) is 5.19. The van der Waals surface area contributed by atoms with Gasteiger partial charge in [0.15, 0.2) is 5.78 Å². The van der Waals surface area contributed by atoms with E-state index in [2.05, 4.69) is 15.2 Å². The van der Waals surface area contributed by atoms with Crippen LogP contribution in [0.5, 0.6) is 0 Å². The lowest BCUT2D eigenvalue weighted by molar-refractivity contribution is 0.0994. The molecule has 3 rings (SSSR count). The molecule has 25 heavy (non-hydrogen) atoms. The van der Waals surface area contributed by atoms with Gasteiger partial charge in [0.2, 0.25) is 5.16 Å². The van der Waals surface area contributed by atoms with Crippen LogP contribution in [0.15, 0.2) is 46.0 Å². The van der Waals surface area contributed by atoms with E-state index < -0.39 is 0 Å². The molecule has 1 aromatic carbocycles. The van der Waals surface area contributed by atoms with Crippen LogP contribution in [0.25, 0.3) is 12.2 Å². The van der Waals surface area contributed by atoms with Crippen molar-refractivity contribution in [2.75, 3.05) is 0 Å². The maximum absolute atomic E-state index is 12.5. The van der Waals surface area contributed by atoms with Gasteiger partial charge in [0, 0.05) is 5.56 Å². The lowest BCUT2D eigenvalue weighted by Gasteiger charge is -2.07. The zero-order valence-corrected chi connectivity index (χ0v) is 15.1. The fraction of sp³-hybridized carbons (Fsp3) is 0.211. The average Bonchev–Trinajstić information content (AvgIpc) is 3.21. The Balaban J connectivity index is 1.63. The van der Waals surface area contributed by atoms with Gasteiger partial charge in [-0.3, -0.25) is 9.89 Å². The number of rotatable bonds is 6. The second kappa shape index (κ2) is 7.53. The van der Waals surface area contributed by atoms with E-state index in [9.17, 15) is 4.79 Å². The Labute approximate surface area is 150 Å². The monoisotopic (exact) mass is 353 g/mol. The van der Waals surface area contributed by atoms with Gasteiger partial charge in [0.05, 0.1) is 5.25 Å². The molecule has 0 aliphatic heterocycles. The van der Waals surface area contributed by atoms with Crippen LogP contribution in [0.2, 0.25) is 0 Å². The maximum Gasteiger partial charge on any atom is 0.209 e. The number of carbonyl (C=O) groups excluding carboxylic acids is 1. The summed E-state index contributed by atoms with van der Waals surface area (Å²) in [7, 11) is 0. The molecule has 0 aliphatic carbocycles. The molecule has 1 atom stereocenters. The van der Waals surface area contributed by atoms with Crippen molar-refractivity contribution in [2.24, 2.45) is 0 Å². The molecule has 0 bridgehead atoms. The third-order valence-corrected chi connectivity index (χ3v) is 4.60. The summed E-state index contributed by atoms with van der Waals surface area (Å²) in [6, 6.07) is 11.4. The zero-order chi connectivity index (χ0) is 17.8. The molecule has 1 unspecified atom stereocenters. The molecular formula is C19H19N3O2S.